The summed E-state index contributed by atoms with van der Waals surface area (Å²) in [5.41, 5.74) is 8.98. The summed E-state index contributed by atoms with van der Waals surface area (Å²) in [4.78, 5) is 14.7. The van der Waals surface area contributed by atoms with E-state index in [1.165, 1.54) is 0 Å². The molecule has 0 radical (unpaired) electrons. The smallest absolute Gasteiger partial charge is 0.241 e. The first kappa shape index (κ1) is 20.9. The summed E-state index contributed by atoms with van der Waals surface area (Å²) >= 11 is 0. The van der Waals surface area contributed by atoms with Crippen LogP contribution in [0.2, 0.25) is 0 Å². The molecule has 0 bridgehead atoms. The molecule has 1 amide bonds. The number of benzene rings is 2. The molecule has 0 aliphatic heterocycles. The average molecular weight is 370 g/mol. The number of carbonyl (C=O) groups excluding carboxylic acids is 1. The third-order valence-electron chi connectivity index (χ3n) is 4.70. The van der Waals surface area contributed by atoms with Gasteiger partial charge in [-0.3, -0.25) is 4.79 Å². The Morgan fingerprint density at radius 1 is 1.11 bits per heavy atom. The number of nitrogens with zero attached hydrogens (tertiary/aromatic N) is 1. The highest BCUT2D eigenvalue weighted by atomic mass is 16.5. The van der Waals surface area contributed by atoms with Gasteiger partial charge in [0.25, 0.3) is 0 Å². The van der Waals surface area contributed by atoms with Crippen molar-refractivity contribution < 1.29 is 9.53 Å². The van der Waals surface area contributed by atoms with Crippen LogP contribution in [-0.2, 0) is 11.3 Å². The first-order valence-electron chi connectivity index (χ1n) is 9.58. The molecule has 27 heavy (non-hydrogen) atoms. The summed E-state index contributed by atoms with van der Waals surface area (Å²) in [6, 6.07) is 14.8. The van der Waals surface area contributed by atoms with Gasteiger partial charge in [0.15, 0.2) is 0 Å². The fourth-order valence-corrected chi connectivity index (χ4v) is 2.83. The van der Waals surface area contributed by atoms with Gasteiger partial charge >= 0.3 is 0 Å². The van der Waals surface area contributed by atoms with E-state index in [2.05, 4.69) is 24.1 Å². The lowest BCUT2D eigenvalue weighted by Gasteiger charge is -2.19. The van der Waals surface area contributed by atoms with E-state index < -0.39 is 6.04 Å². The van der Waals surface area contributed by atoms with Gasteiger partial charge in [-0.05, 0) is 31.6 Å². The summed E-state index contributed by atoms with van der Waals surface area (Å²) in [5.74, 6) is 0.602. The molecular weight excluding hydrogens is 338 g/mol. The van der Waals surface area contributed by atoms with E-state index in [0.717, 1.165) is 42.1 Å². The molecular formula is C22H31N3O2. The Labute approximate surface area is 162 Å². The fraction of sp³-hybridized carbons (Fsp3) is 0.409. The summed E-state index contributed by atoms with van der Waals surface area (Å²) in [6.07, 6.45) is 0. The van der Waals surface area contributed by atoms with Crippen molar-refractivity contribution in [3.8, 4) is 5.75 Å². The zero-order valence-electron chi connectivity index (χ0n) is 16.6. The molecule has 1 unspecified atom stereocenters. The number of rotatable bonds is 10. The highest BCUT2D eigenvalue weighted by Crippen LogP contribution is 2.18. The SMILES string of the molecule is CCN(CC)CCOc1ccccc1CNC(=O)C(N)c1ccc(C)cc1. The molecule has 146 valence electrons. The number of hydrogen-bond donors (Lipinski definition) is 2. The molecule has 0 fully saturated rings. The van der Waals surface area contributed by atoms with E-state index >= 15 is 0 Å². The van der Waals surface area contributed by atoms with Gasteiger partial charge in [-0.2, -0.15) is 0 Å². The molecule has 1 atom stereocenters. The number of aryl methyl sites for hydroxylation is 1. The van der Waals surface area contributed by atoms with Crippen molar-refractivity contribution in [3.63, 3.8) is 0 Å². The second-order valence-electron chi connectivity index (χ2n) is 6.59. The van der Waals surface area contributed by atoms with E-state index in [9.17, 15) is 4.79 Å². The number of nitrogens with one attached hydrogen (secondary N) is 1. The van der Waals surface area contributed by atoms with Gasteiger partial charge in [0.2, 0.25) is 5.91 Å². The van der Waals surface area contributed by atoms with Crippen LogP contribution in [0.25, 0.3) is 0 Å². The topological polar surface area (TPSA) is 67.6 Å². The van der Waals surface area contributed by atoms with Crippen LogP contribution in [0.1, 0.15) is 36.6 Å². The third kappa shape index (κ3) is 6.38. The van der Waals surface area contributed by atoms with E-state index in [0.29, 0.717) is 13.2 Å². The molecule has 0 spiro atoms. The van der Waals surface area contributed by atoms with Crippen molar-refractivity contribution in [1.82, 2.24) is 10.2 Å². The molecule has 0 aliphatic carbocycles. The van der Waals surface area contributed by atoms with Gasteiger partial charge in [0.1, 0.15) is 18.4 Å². The Kier molecular flexibility index (Phi) is 8.30. The highest BCUT2D eigenvalue weighted by molar-refractivity contribution is 5.82. The molecule has 0 saturated heterocycles. The average Bonchev–Trinajstić information content (AvgIpc) is 2.70. The van der Waals surface area contributed by atoms with Crippen molar-refractivity contribution in [3.05, 3.63) is 65.2 Å². The summed E-state index contributed by atoms with van der Waals surface area (Å²) < 4.78 is 5.94. The van der Waals surface area contributed by atoms with Crippen LogP contribution >= 0.6 is 0 Å². The van der Waals surface area contributed by atoms with Gasteiger partial charge in [-0.15, -0.1) is 0 Å². The number of ether oxygens (including phenoxy) is 1. The van der Waals surface area contributed by atoms with Crippen molar-refractivity contribution in [2.45, 2.75) is 33.4 Å². The monoisotopic (exact) mass is 369 g/mol. The summed E-state index contributed by atoms with van der Waals surface area (Å²) in [5, 5.41) is 2.92. The Hall–Kier alpha value is -2.37. The molecule has 2 rings (SSSR count). The van der Waals surface area contributed by atoms with Crippen LogP contribution in [0.4, 0.5) is 0 Å². The number of likely N-dealkylation sites (N-methyl/N-ethyl adjacent to an activating group) is 1. The number of hydrogen-bond acceptors (Lipinski definition) is 4. The standard InChI is InChI=1S/C22H31N3O2/c1-4-25(5-2)14-15-27-20-9-7-6-8-19(20)16-24-22(26)21(23)18-12-10-17(3)11-13-18/h6-13,21H,4-5,14-16,23H2,1-3H3,(H,24,26). The molecule has 2 aromatic carbocycles. The van der Waals surface area contributed by atoms with Crippen molar-refractivity contribution in [2.75, 3.05) is 26.2 Å². The second-order valence-corrected chi connectivity index (χ2v) is 6.59. The maximum Gasteiger partial charge on any atom is 0.241 e. The minimum absolute atomic E-state index is 0.197. The normalized spacial score (nSPS) is 12.0. The molecule has 5 heteroatoms. The Morgan fingerprint density at radius 3 is 2.44 bits per heavy atom. The predicted octanol–water partition coefficient (Wildman–Crippen LogP) is 3.03. The van der Waals surface area contributed by atoms with Gasteiger partial charge in [0.05, 0.1) is 0 Å². The zero-order valence-corrected chi connectivity index (χ0v) is 16.6. The van der Waals surface area contributed by atoms with Crippen LogP contribution in [0.15, 0.2) is 48.5 Å². The number of amides is 1. The zero-order chi connectivity index (χ0) is 19.6. The van der Waals surface area contributed by atoms with Gasteiger partial charge < -0.3 is 20.7 Å². The lowest BCUT2D eigenvalue weighted by molar-refractivity contribution is -0.122. The number of para-hydroxylation sites is 1. The van der Waals surface area contributed by atoms with Gasteiger partial charge in [-0.1, -0.05) is 61.9 Å². The number of carbonyl (C=O) groups is 1. The lowest BCUT2D eigenvalue weighted by atomic mass is 10.1. The molecule has 0 aromatic heterocycles. The van der Waals surface area contributed by atoms with E-state index in [4.69, 9.17) is 10.5 Å². The maximum atomic E-state index is 12.4. The van der Waals surface area contributed by atoms with Crippen molar-refractivity contribution >= 4 is 5.91 Å². The maximum absolute atomic E-state index is 12.4. The highest BCUT2D eigenvalue weighted by Gasteiger charge is 2.16. The molecule has 5 nitrogen and oxygen atoms in total. The van der Waals surface area contributed by atoms with Crippen LogP contribution in [-0.4, -0.2) is 37.0 Å². The van der Waals surface area contributed by atoms with Crippen LogP contribution in [0, 0.1) is 6.92 Å². The molecule has 0 heterocycles. The van der Waals surface area contributed by atoms with Gasteiger partial charge in [-0.25, -0.2) is 0 Å². The first-order valence-corrected chi connectivity index (χ1v) is 9.58. The van der Waals surface area contributed by atoms with E-state index in [-0.39, 0.29) is 5.91 Å². The van der Waals surface area contributed by atoms with Gasteiger partial charge in [0, 0.05) is 18.7 Å². The Morgan fingerprint density at radius 2 is 1.78 bits per heavy atom. The second kappa shape index (κ2) is 10.7. The Balaban J connectivity index is 1.91. The third-order valence-corrected chi connectivity index (χ3v) is 4.70. The van der Waals surface area contributed by atoms with Crippen LogP contribution in [0.5, 0.6) is 5.75 Å². The molecule has 0 aliphatic rings. The largest absolute Gasteiger partial charge is 0.492 e. The van der Waals surface area contributed by atoms with Crippen LogP contribution < -0.4 is 15.8 Å². The lowest BCUT2D eigenvalue weighted by Crippen LogP contribution is -2.33. The number of nitrogens with two attached hydrogens (primary N) is 1. The van der Waals surface area contributed by atoms with E-state index in [1.54, 1.807) is 0 Å². The molecule has 3 N–H and O–H groups in total. The van der Waals surface area contributed by atoms with Crippen molar-refractivity contribution in [1.29, 1.82) is 0 Å². The summed E-state index contributed by atoms with van der Waals surface area (Å²) in [6.45, 7) is 10.2. The minimum atomic E-state index is -0.679. The van der Waals surface area contributed by atoms with Crippen LogP contribution in [0.3, 0.4) is 0 Å². The molecule has 2 aromatic rings. The predicted molar refractivity (Wildman–Crippen MR) is 110 cm³/mol. The fourth-order valence-electron chi connectivity index (χ4n) is 2.83. The Bertz CT molecular complexity index is 712. The molecule has 0 saturated carbocycles. The van der Waals surface area contributed by atoms with E-state index in [1.807, 2.05) is 55.5 Å². The first-order chi connectivity index (χ1) is 13.0. The summed E-state index contributed by atoms with van der Waals surface area (Å²) in [7, 11) is 0. The quantitative estimate of drug-likeness (QED) is 0.675. The van der Waals surface area contributed by atoms with Crippen molar-refractivity contribution in [2.24, 2.45) is 5.73 Å². The minimum Gasteiger partial charge on any atom is -0.492 e.